The van der Waals surface area contributed by atoms with Crippen LogP contribution >= 0.6 is 0 Å². The number of rotatable bonds is 1. The Kier molecular flexibility index (Phi) is 2.25. The largest absolute Gasteiger partial charge is 0.289 e. The molecular formula is C14H9NO3. The monoisotopic (exact) mass is 239 g/mol. The van der Waals surface area contributed by atoms with E-state index in [0.717, 1.165) is 5.56 Å². The van der Waals surface area contributed by atoms with Crippen molar-refractivity contribution in [2.45, 2.75) is 0 Å². The quantitative estimate of drug-likeness (QED) is 0.504. The van der Waals surface area contributed by atoms with Gasteiger partial charge >= 0.3 is 0 Å². The average Bonchev–Trinajstić information content (AvgIpc) is 2.72. The van der Waals surface area contributed by atoms with Crippen LogP contribution in [0.5, 0.6) is 0 Å². The maximum absolute atomic E-state index is 12.2. The molecular weight excluding hydrogens is 230 g/mol. The molecule has 88 valence electrons. The second-order valence-corrected chi connectivity index (χ2v) is 4.04. The summed E-state index contributed by atoms with van der Waals surface area (Å²) in [4.78, 5) is 23.8. The molecule has 0 heterocycles. The Hall–Kier alpha value is -2.46. The fourth-order valence-electron chi connectivity index (χ4n) is 2.33. The first-order valence-corrected chi connectivity index (χ1v) is 5.45. The molecule has 1 aliphatic carbocycles. The molecule has 0 atom stereocenters. The predicted molar refractivity (Wildman–Crippen MR) is 64.6 cm³/mol. The molecule has 2 N–H and O–H groups in total. The van der Waals surface area contributed by atoms with Crippen LogP contribution in [0.15, 0.2) is 42.5 Å². The summed E-state index contributed by atoms with van der Waals surface area (Å²) in [6.07, 6.45) is 0. The lowest BCUT2D eigenvalue weighted by molar-refractivity contribution is 0.0707. The van der Waals surface area contributed by atoms with Crippen LogP contribution in [0.3, 0.4) is 0 Å². The number of hydrogen-bond donors (Lipinski definition) is 2. The van der Waals surface area contributed by atoms with Crippen LogP contribution in [0, 0.1) is 0 Å². The summed E-state index contributed by atoms with van der Waals surface area (Å²) < 4.78 is 0. The Morgan fingerprint density at radius 1 is 0.944 bits per heavy atom. The molecule has 0 aromatic heterocycles. The highest BCUT2D eigenvalue weighted by atomic mass is 16.5. The molecule has 2 aromatic rings. The number of hydrogen-bond acceptors (Lipinski definition) is 3. The summed E-state index contributed by atoms with van der Waals surface area (Å²) in [7, 11) is 0. The van der Waals surface area contributed by atoms with Gasteiger partial charge in [-0.1, -0.05) is 36.4 Å². The fraction of sp³-hybridized carbons (Fsp3) is 0. The molecule has 3 rings (SSSR count). The summed E-state index contributed by atoms with van der Waals surface area (Å²) in [6.45, 7) is 0. The van der Waals surface area contributed by atoms with E-state index < -0.39 is 5.91 Å². The number of amides is 1. The molecule has 1 amide bonds. The maximum Gasteiger partial charge on any atom is 0.275 e. The Morgan fingerprint density at radius 3 is 2.33 bits per heavy atom. The lowest BCUT2D eigenvalue weighted by Gasteiger charge is -2.06. The van der Waals surface area contributed by atoms with Crippen LogP contribution in [-0.4, -0.2) is 16.9 Å². The molecule has 0 bridgehead atoms. The molecule has 0 radical (unpaired) electrons. The number of nitrogens with one attached hydrogen (secondary N) is 1. The van der Waals surface area contributed by atoms with Gasteiger partial charge in [0.25, 0.3) is 5.91 Å². The number of carbonyl (C=O) groups is 2. The minimum atomic E-state index is -0.614. The van der Waals surface area contributed by atoms with Gasteiger partial charge < -0.3 is 0 Å². The van der Waals surface area contributed by atoms with Gasteiger partial charge in [0.2, 0.25) is 0 Å². The minimum absolute atomic E-state index is 0.0896. The van der Waals surface area contributed by atoms with Crippen LogP contribution in [0.2, 0.25) is 0 Å². The molecule has 0 fully saturated rings. The summed E-state index contributed by atoms with van der Waals surface area (Å²) in [5.41, 5.74) is 4.31. The third-order valence-corrected chi connectivity index (χ3v) is 3.10. The Bertz CT molecular complexity index is 676. The van der Waals surface area contributed by atoms with Crippen molar-refractivity contribution in [3.05, 3.63) is 59.2 Å². The third kappa shape index (κ3) is 1.30. The van der Waals surface area contributed by atoms with Crippen molar-refractivity contribution in [3.8, 4) is 11.1 Å². The lowest BCUT2D eigenvalue weighted by atomic mass is 9.99. The van der Waals surface area contributed by atoms with Crippen LogP contribution in [0.25, 0.3) is 11.1 Å². The molecule has 1 aliphatic rings. The molecule has 4 nitrogen and oxygen atoms in total. The number of ketones is 1. The summed E-state index contributed by atoms with van der Waals surface area (Å²) >= 11 is 0. The van der Waals surface area contributed by atoms with E-state index in [-0.39, 0.29) is 5.78 Å². The van der Waals surface area contributed by atoms with E-state index in [2.05, 4.69) is 0 Å². The van der Waals surface area contributed by atoms with Gasteiger partial charge in [-0.05, 0) is 11.6 Å². The maximum atomic E-state index is 12.2. The highest BCUT2D eigenvalue weighted by Gasteiger charge is 2.29. The number of benzene rings is 2. The van der Waals surface area contributed by atoms with Crippen molar-refractivity contribution in [1.82, 2.24) is 5.48 Å². The molecule has 18 heavy (non-hydrogen) atoms. The Labute approximate surface area is 103 Å². The number of carbonyl (C=O) groups excluding carboxylic acids is 2. The van der Waals surface area contributed by atoms with E-state index in [1.54, 1.807) is 41.9 Å². The van der Waals surface area contributed by atoms with Gasteiger partial charge in [-0.3, -0.25) is 14.8 Å². The Balaban J connectivity index is 2.35. The van der Waals surface area contributed by atoms with E-state index in [9.17, 15) is 9.59 Å². The van der Waals surface area contributed by atoms with Gasteiger partial charge in [-0.25, -0.2) is 5.48 Å². The van der Waals surface area contributed by atoms with Gasteiger partial charge in [-0.15, -0.1) is 0 Å². The zero-order valence-corrected chi connectivity index (χ0v) is 9.31. The molecule has 0 unspecified atom stereocenters. The summed E-state index contributed by atoms with van der Waals surface area (Å²) in [5.74, 6) is -0.704. The summed E-state index contributed by atoms with van der Waals surface area (Å²) in [5, 5.41) is 8.75. The molecule has 0 saturated carbocycles. The average molecular weight is 239 g/mol. The topological polar surface area (TPSA) is 66.4 Å². The second-order valence-electron chi connectivity index (χ2n) is 4.04. The minimum Gasteiger partial charge on any atom is -0.289 e. The van der Waals surface area contributed by atoms with Crippen LogP contribution < -0.4 is 5.48 Å². The van der Waals surface area contributed by atoms with Gasteiger partial charge in [0.05, 0.1) is 5.56 Å². The standard InChI is InChI=1S/C14H9NO3/c16-13-9-5-2-1-4-8(9)12-10(13)6-3-7-11(12)14(17)15-18/h1-7,18H,(H,15,17). The third-order valence-electron chi connectivity index (χ3n) is 3.10. The normalized spacial score (nSPS) is 11.9. The second kappa shape index (κ2) is 3.78. The van der Waals surface area contributed by atoms with E-state index in [1.807, 2.05) is 6.07 Å². The van der Waals surface area contributed by atoms with Crippen molar-refractivity contribution in [1.29, 1.82) is 0 Å². The van der Waals surface area contributed by atoms with E-state index in [4.69, 9.17) is 5.21 Å². The lowest BCUT2D eigenvalue weighted by Crippen LogP contribution is -2.19. The van der Waals surface area contributed by atoms with Crippen molar-refractivity contribution >= 4 is 11.7 Å². The van der Waals surface area contributed by atoms with Gasteiger partial charge in [0.15, 0.2) is 5.78 Å². The van der Waals surface area contributed by atoms with Gasteiger partial charge in [0, 0.05) is 16.7 Å². The van der Waals surface area contributed by atoms with Gasteiger partial charge in [0.1, 0.15) is 0 Å². The first-order chi connectivity index (χ1) is 8.74. The SMILES string of the molecule is O=C(NO)c1cccc2c1-c1ccccc1C2=O. The fourth-order valence-corrected chi connectivity index (χ4v) is 2.33. The highest BCUT2D eigenvalue weighted by molar-refractivity contribution is 6.24. The molecule has 2 aromatic carbocycles. The molecule has 0 saturated heterocycles. The highest BCUT2D eigenvalue weighted by Crippen LogP contribution is 2.38. The van der Waals surface area contributed by atoms with Crippen LogP contribution in [0.1, 0.15) is 26.3 Å². The van der Waals surface area contributed by atoms with E-state index >= 15 is 0 Å². The smallest absolute Gasteiger partial charge is 0.275 e. The van der Waals surface area contributed by atoms with E-state index in [0.29, 0.717) is 22.3 Å². The first kappa shape index (κ1) is 10.7. The summed E-state index contributed by atoms with van der Waals surface area (Å²) in [6, 6.07) is 12.0. The molecule has 0 spiro atoms. The first-order valence-electron chi connectivity index (χ1n) is 5.45. The predicted octanol–water partition coefficient (Wildman–Crippen LogP) is 2.02. The molecule has 0 aliphatic heterocycles. The van der Waals surface area contributed by atoms with Crippen LogP contribution in [-0.2, 0) is 0 Å². The number of fused-ring (bicyclic) bond motifs is 3. The van der Waals surface area contributed by atoms with Crippen LogP contribution in [0.4, 0.5) is 0 Å². The van der Waals surface area contributed by atoms with Crippen molar-refractivity contribution in [2.24, 2.45) is 0 Å². The zero-order valence-electron chi connectivity index (χ0n) is 9.31. The van der Waals surface area contributed by atoms with Crippen molar-refractivity contribution in [3.63, 3.8) is 0 Å². The van der Waals surface area contributed by atoms with Gasteiger partial charge in [-0.2, -0.15) is 0 Å². The van der Waals surface area contributed by atoms with Crippen molar-refractivity contribution in [2.75, 3.05) is 0 Å². The van der Waals surface area contributed by atoms with Crippen molar-refractivity contribution < 1.29 is 14.8 Å². The molecule has 4 heteroatoms. The number of hydroxylamine groups is 1. The Morgan fingerprint density at radius 2 is 1.61 bits per heavy atom. The van der Waals surface area contributed by atoms with E-state index in [1.165, 1.54) is 0 Å². The zero-order chi connectivity index (χ0) is 12.7.